The molecule has 0 N–H and O–H groups in total. The van der Waals surface area contributed by atoms with E-state index in [-0.39, 0.29) is 0 Å². The van der Waals surface area contributed by atoms with Gasteiger partial charge in [0.2, 0.25) is 10.0 Å². The summed E-state index contributed by atoms with van der Waals surface area (Å²) in [5, 5.41) is 3.20. The molecule has 0 unspecified atom stereocenters. The molecule has 2 heterocycles. The maximum atomic E-state index is 13.0. The van der Waals surface area contributed by atoms with E-state index >= 15 is 0 Å². The molecule has 0 saturated carbocycles. The van der Waals surface area contributed by atoms with E-state index < -0.39 is 10.0 Å². The lowest BCUT2D eigenvalue weighted by Gasteiger charge is -2.30. The summed E-state index contributed by atoms with van der Waals surface area (Å²) in [6.45, 7) is 1.01. The Morgan fingerprint density at radius 2 is 1.74 bits per heavy atom. The minimum atomic E-state index is -3.49. The van der Waals surface area contributed by atoms with Crippen molar-refractivity contribution in [2.24, 2.45) is 0 Å². The SMILES string of the molecule is COc1ccc(S(=O)(=O)N2CCC(c3nc(Cc4cccc(OC)c4)cs3)CC2)cc1. The summed E-state index contributed by atoms with van der Waals surface area (Å²) in [4.78, 5) is 5.15. The monoisotopic (exact) mass is 458 g/mol. The molecule has 1 fully saturated rings. The molecule has 1 aliphatic rings. The Bertz CT molecular complexity index is 1120. The second kappa shape index (κ2) is 9.38. The number of hydrogen-bond donors (Lipinski definition) is 0. The van der Waals surface area contributed by atoms with Gasteiger partial charge in [-0.05, 0) is 54.8 Å². The molecule has 0 atom stereocenters. The standard InChI is InChI=1S/C23H26N2O4S2/c1-28-20-6-8-22(9-7-20)31(26,27)25-12-10-18(11-13-25)23-24-19(16-30-23)14-17-4-3-5-21(15-17)29-2/h3-9,15-16,18H,10-14H2,1-2H3. The van der Waals surface area contributed by atoms with Gasteiger partial charge in [0.15, 0.2) is 0 Å². The summed E-state index contributed by atoms with van der Waals surface area (Å²) in [5.74, 6) is 1.79. The molecule has 164 valence electrons. The molecular weight excluding hydrogens is 432 g/mol. The van der Waals surface area contributed by atoms with Crippen molar-refractivity contribution in [1.29, 1.82) is 0 Å². The topological polar surface area (TPSA) is 68.7 Å². The zero-order valence-corrected chi connectivity index (χ0v) is 19.3. The van der Waals surface area contributed by atoms with E-state index in [9.17, 15) is 8.42 Å². The minimum absolute atomic E-state index is 0.298. The first kappa shape index (κ1) is 21.8. The van der Waals surface area contributed by atoms with E-state index in [0.29, 0.717) is 29.7 Å². The molecule has 1 aromatic heterocycles. The minimum Gasteiger partial charge on any atom is -0.497 e. The molecule has 1 aliphatic heterocycles. The lowest BCUT2D eigenvalue weighted by atomic mass is 9.99. The van der Waals surface area contributed by atoms with Crippen molar-refractivity contribution in [1.82, 2.24) is 9.29 Å². The number of rotatable bonds is 7. The predicted molar refractivity (Wildman–Crippen MR) is 122 cm³/mol. The third-order valence-electron chi connectivity index (χ3n) is 5.59. The Morgan fingerprint density at radius 1 is 1.03 bits per heavy atom. The normalized spacial score (nSPS) is 15.7. The van der Waals surface area contributed by atoms with Crippen LogP contribution in [0.3, 0.4) is 0 Å². The number of benzene rings is 2. The fourth-order valence-electron chi connectivity index (χ4n) is 3.82. The van der Waals surface area contributed by atoms with Crippen LogP contribution in [0.15, 0.2) is 58.8 Å². The molecule has 8 heteroatoms. The predicted octanol–water partition coefficient (Wildman–Crippen LogP) is 4.32. The van der Waals surface area contributed by atoms with Crippen LogP contribution in [0.1, 0.15) is 35.0 Å². The van der Waals surface area contributed by atoms with Gasteiger partial charge in [0.25, 0.3) is 0 Å². The van der Waals surface area contributed by atoms with Gasteiger partial charge in [-0.3, -0.25) is 0 Å². The van der Waals surface area contributed by atoms with E-state index in [0.717, 1.165) is 41.3 Å². The van der Waals surface area contributed by atoms with Gasteiger partial charge >= 0.3 is 0 Å². The van der Waals surface area contributed by atoms with E-state index in [1.54, 1.807) is 54.1 Å². The lowest BCUT2D eigenvalue weighted by molar-refractivity contribution is 0.319. The quantitative estimate of drug-likeness (QED) is 0.527. The summed E-state index contributed by atoms with van der Waals surface area (Å²) >= 11 is 1.67. The van der Waals surface area contributed by atoms with Crippen molar-refractivity contribution in [3.8, 4) is 11.5 Å². The summed E-state index contributed by atoms with van der Waals surface area (Å²) in [7, 11) is -0.253. The van der Waals surface area contributed by atoms with Gasteiger partial charge in [-0.1, -0.05) is 12.1 Å². The van der Waals surface area contributed by atoms with Crippen LogP contribution in [0.25, 0.3) is 0 Å². The Hall–Kier alpha value is -2.42. The van der Waals surface area contributed by atoms with E-state index in [2.05, 4.69) is 11.4 Å². The number of ether oxygens (including phenoxy) is 2. The van der Waals surface area contributed by atoms with Crippen LogP contribution in [0.2, 0.25) is 0 Å². The fourth-order valence-corrected chi connectivity index (χ4v) is 6.28. The van der Waals surface area contributed by atoms with E-state index in [4.69, 9.17) is 14.5 Å². The number of thiazole rings is 1. The first-order chi connectivity index (χ1) is 15.0. The molecule has 0 radical (unpaired) electrons. The van der Waals surface area contributed by atoms with Crippen LogP contribution in [-0.2, 0) is 16.4 Å². The Labute approximate surface area is 187 Å². The van der Waals surface area contributed by atoms with Gasteiger partial charge < -0.3 is 9.47 Å². The van der Waals surface area contributed by atoms with Gasteiger partial charge in [0.1, 0.15) is 11.5 Å². The Kier molecular flexibility index (Phi) is 6.60. The highest BCUT2D eigenvalue weighted by molar-refractivity contribution is 7.89. The third-order valence-corrected chi connectivity index (χ3v) is 8.56. The largest absolute Gasteiger partial charge is 0.497 e. The van der Waals surface area contributed by atoms with Crippen LogP contribution in [0.5, 0.6) is 11.5 Å². The molecule has 31 heavy (non-hydrogen) atoms. The molecule has 4 rings (SSSR count). The summed E-state index contributed by atoms with van der Waals surface area (Å²) in [6.07, 6.45) is 2.32. The molecule has 0 bridgehead atoms. The van der Waals surface area contributed by atoms with Crippen LogP contribution < -0.4 is 9.47 Å². The number of hydrogen-bond acceptors (Lipinski definition) is 6. The average molecular weight is 459 g/mol. The van der Waals surface area contributed by atoms with E-state index in [1.807, 2.05) is 18.2 Å². The van der Waals surface area contributed by atoms with Gasteiger partial charge in [-0.25, -0.2) is 13.4 Å². The number of nitrogens with zero attached hydrogens (tertiary/aromatic N) is 2. The molecule has 6 nitrogen and oxygen atoms in total. The number of sulfonamides is 1. The molecule has 0 amide bonds. The fraction of sp³-hybridized carbons (Fsp3) is 0.348. The molecule has 0 spiro atoms. The highest BCUT2D eigenvalue weighted by Gasteiger charge is 2.31. The Morgan fingerprint density at radius 3 is 2.42 bits per heavy atom. The molecule has 2 aromatic carbocycles. The van der Waals surface area contributed by atoms with Crippen molar-refractivity contribution >= 4 is 21.4 Å². The zero-order valence-electron chi connectivity index (χ0n) is 17.7. The third kappa shape index (κ3) is 4.92. The van der Waals surface area contributed by atoms with Crippen LogP contribution >= 0.6 is 11.3 Å². The first-order valence-electron chi connectivity index (χ1n) is 10.2. The van der Waals surface area contributed by atoms with Gasteiger partial charge in [-0.15, -0.1) is 11.3 Å². The van der Waals surface area contributed by atoms with Crippen molar-refractivity contribution in [2.45, 2.75) is 30.1 Å². The molecular formula is C23H26N2O4S2. The van der Waals surface area contributed by atoms with Crippen molar-refractivity contribution in [2.75, 3.05) is 27.3 Å². The first-order valence-corrected chi connectivity index (χ1v) is 12.5. The molecule has 1 saturated heterocycles. The number of methoxy groups -OCH3 is 2. The lowest BCUT2D eigenvalue weighted by Crippen LogP contribution is -2.37. The second-order valence-electron chi connectivity index (χ2n) is 7.56. The number of aromatic nitrogens is 1. The van der Waals surface area contributed by atoms with Crippen molar-refractivity contribution in [3.63, 3.8) is 0 Å². The molecule has 0 aliphatic carbocycles. The van der Waals surface area contributed by atoms with Gasteiger partial charge in [-0.2, -0.15) is 4.31 Å². The van der Waals surface area contributed by atoms with Gasteiger partial charge in [0.05, 0.1) is 29.8 Å². The smallest absolute Gasteiger partial charge is 0.243 e. The zero-order chi connectivity index (χ0) is 21.8. The van der Waals surface area contributed by atoms with Crippen LogP contribution in [-0.4, -0.2) is 45.0 Å². The highest BCUT2D eigenvalue weighted by Crippen LogP contribution is 2.33. The highest BCUT2D eigenvalue weighted by atomic mass is 32.2. The summed E-state index contributed by atoms with van der Waals surface area (Å²) < 4.78 is 37.9. The van der Waals surface area contributed by atoms with Crippen molar-refractivity contribution < 1.29 is 17.9 Å². The van der Waals surface area contributed by atoms with Crippen molar-refractivity contribution in [3.05, 3.63) is 70.2 Å². The van der Waals surface area contributed by atoms with E-state index in [1.165, 1.54) is 0 Å². The second-order valence-corrected chi connectivity index (χ2v) is 10.4. The average Bonchev–Trinajstić information content (AvgIpc) is 3.27. The summed E-state index contributed by atoms with van der Waals surface area (Å²) in [6, 6.07) is 14.6. The maximum absolute atomic E-state index is 13.0. The van der Waals surface area contributed by atoms with Crippen LogP contribution in [0.4, 0.5) is 0 Å². The number of piperidine rings is 1. The van der Waals surface area contributed by atoms with Gasteiger partial charge in [0, 0.05) is 30.8 Å². The summed E-state index contributed by atoms with van der Waals surface area (Å²) in [5.41, 5.74) is 2.21. The maximum Gasteiger partial charge on any atom is 0.243 e. The molecule has 3 aromatic rings. The van der Waals surface area contributed by atoms with Crippen LogP contribution in [0, 0.1) is 0 Å². The Balaban J connectivity index is 1.38.